The molecule has 4 rings (SSSR count). The standard InChI is InChI=1S/C25H31N7O3S/c26-20-5-1-2-6-21(20)29-23(33)22-8-7-19(17-28-22)18-32(25(34)30-24-27-9-16-36-24)11-4-3-10-31-12-14-35-15-13-31/h1-2,5-9,16-17H,3-4,10-15,18,26H2,(H,29,33)(H,27,30,34). The minimum atomic E-state index is -0.346. The summed E-state index contributed by atoms with van der Waals surface area (Å²) in [6.45, 7) is 5.42. The van der Waals surface area contributed by atoms with Gasteiger partial charge in [0.15, 0.2) is 5.13 Å². The molecule has 0 atom stereocenters. The zero-order valence-corrected chi connectivity index (χ0v) is 20.9. The van der Waals surface area contributed by atoms with Gasteiger partial charge in [0.05, 0.1) is 24.6 Å². The summed E-state index contributed by atoms with van der Waals surface area (Å²) in [4.78, 5) is 38.2. The molecule has 10 nitrogen and oxygen atoms in total. The van der Waals surface area contributed by atoms with Crippen LogP contribution in [0.3, 0.4) is 0 Å². The molecule has 3 amide bonds. The predicted molar refractivity (Wildman–Crippen MR) is 141 cm³/mol. The number of urea groups is 1. The largest absolute Gasteiger partial charge is 0.397 e. The lowest BCUT2D eigenvalue weighted by atomic mass is 10.2. The van der Waals surface area contributed by atoms with E-state index in [1.165, 1.54) is 11.3 Å². The first kappa shape index (κ1) is 25.5. The van der Waals surface area contributed by atoms with Gasteiger partial charge >= 0.3 is 6.03 Å². The van der Waals surface area contributed by atoms with E-state index in [1.807, 2.05) is 11.4 Å². The number of morpholine rings is 1. The lowest BCUT2D eigenvalue weighted by molar-refractivity contribution is 0.0370. The number of ether oxygens (including phenoxy) is 1. The molecular formula is C25H31N7O3S. The van der Waals surface area contributed by atoms with Gasteiger partial charge in [-0.1, -0.05) is 18.2 Å². The fourth-order valence-electron chi connectivity index (χ4n) is 3.84. The molecule has 0 spiro atoms. The summed E-state index contributed by atoms with van der Waals surface area (Å²) < 4.78 is 5.41. The number of amides is 3. The molecule has 4 N–H and O–H groups in total. The third-order valence-corrected chi connectivity index (χ3v) is 6.52. The normalized spacial score (nSPS) is 13.8. The lowest BCUT2D eigenvalue weighted by Crippen LogP contribution is -2.38. The summed E-state index contributed by atoms with van der Waals surface area (Å²) >= 11 is 1.37. The predicted octanol–water partition coefficient (Wildman–Crippen LogP) is 3.52. The Balaban J connectivity index is 1.35. The third kappa shape index (κ3) is 7.48. The van der Waals surface area contributed by atoms with E-state index in [9.17, 15) is 9.59 Å². The van der Waals surface area contributed by atoms with Crippen LogP contribution in [0, 0.1) is 0 Å². The van der Waals surface area contributed by atoms with Crippen LogP contribution < -0.4 is 16.4 Å². The Morgan fingerprint density at radius 3 is 2.64 bits per heavy atom. The van der Waals surface area contributed by atoms with Crippen molar-refractivity contribution >= 4 is 39.8 Å². The Hall–Kier alpha value is -3.54. The smallest absolute Gasteiger partial charge is 0.323 e. The Bertz CT molecular complexity index is 1120. The highest BCUT2D eigenvalue weighted by molar-refractivity contribution is 7.13. The van der Waals surface area contributed by atoms with Gasteiger partial charge in [-0.15, -0.1) is 11.3 Å². The van der Waals surface area contributed by atoms with E-state index in [4.69, 9.17) is 10.5 Å². The van der Waals surface area contributed by atoms with Crippen molar-refractivity contribution in [3.63, 3.8) is 0 Å². The highest BCUT2D eigenvalue weighted by Gasteiger charge is 2.17. The number of nitrogens with zero attached hydrogens (tertiary/aromatic N) is 4. The maximum atomic E-state index is 13.0. The van der Waals surface area contributed by atoms with E-state index in [-0.39, 0.29) is 17.6 Å². The van der Waals surface area contributed by atoms with Gasteiger partial charge in [-0.3, -0.25) is 20.0 Å². The summed E-state index contributed by atoms with van der Waals surface area (Å²) in [5.41, 5.74) is 8.02. The molecule has 0 bridgehead atoms. The molecule has 0 radical (unpaired) electrons. The van der Waals surface area contributed by atoms with Gasteiger partial charge in [0.1, 0.15) is 5.69 Å². The zero-order chi connectivity index (χ0) is 25.2. The van der Waals surface area contributed by atoms with Gasteiger partial charge in [0.2, 0.25) is 0 Å². The highest BCUT2D eigenvalue weighted by atomic mass is 32.1. The molecular weight excluding hydrogens is 478 g/mol. The number of benzene rings is 1. The molecule has 0 saturated carbocycles. The van der Waals surface area contributed by atoms with Gasteiger partial charge in [-0.25, -0.2) is 9.78 Å². The van der Waals surface area contributed by atoms with E-state index in [2.05, 4.69) is 25.5 Å². The van der Waals surface area contributed by atoms with Gasteiger partial charge < -0.3 is 20.7 Å². The fraction of sp³-hybridized carbons (Fsp3) is 0.360. The molecule has 2 aromatic heterocycles. The number of hydrogen-bond donors (Lipinski definition) is 3. The van der Waals surface area contributed by atoms with Crippen LogP contribution in [0.5, 0.6) is 0 Å². The number of thiazole rings is 1. The number of nitrogens with one attached hydrogen (secondary N) is 2. The molecule has 1 aliphatic rings. The topological polar surface area (TPSA) is 126 Å². The number of unbranched alkanes of at least 4 members (excludes halogenated alkanes) is 1. The number of nitrogen functional groups attached to an aromatic ring is 1. The van der Waals surface area contributed by atoms with Crippen molar-refractivity contribution in [1.29, 1.82) is 0 Å². The summed E-state index contributed by atoms with van der Waals surface area (Å²) in [6.07, 6.45) is 5.14. The quantitative estimate of drug-likeness (QED) is 0.282. The first-order chi connectivity index (χ1) is 17.6. The van der Waals surface area contributed by atoms with E-state index in [1.54, 1.807) is 47.6 Å². The van der Waals surface area contributed by atoms with Crippen LogP contribution in [-0.2, 0) is 11.3 Å². The molecule has 3 aromatic rings. The maximum Gasteiger partial charge on any atom is 0.323 e. The van der Waals surface area contributed by atoms with Crippen molar-refractivity contribution in [2.24, 2.45) is 0 Å². The van der Waals surface area contributed by atoms with Gasteiger partial charge in [-0.2, -0.15) is 0 Å². The van der Waals surface area contributed by atoms with Crippen LogP contribution in [0.4, 0.5) is 21.3 Å². The van der Waals surface area contributed by atoms with Crippen LogP contribution in [0.2, 0.25) is 0 Å². The summed E-state index contributed by atoms with van der Waals surface area (Å²) in [5.74, 6) is -0.346. The lowest BCUT2D eigenvalue weighted by Gasteiger charge is -2.27. The summed E-state index contributed by atoms with van der Waals surface area (Å²) in [5, 5.41) is 8.02. The zero-order valence-electron chi connectivity index (χ0n) is 20.1. The SMILES string of the molecule is Nc1ccccc1NC(=O)c1ccc(CN(CCCCN2CCOCC2)C(=O)Nc2nccs2)cn1. The van der Waals surface area contributed by atoms with Crippen molar-refractivity contribution in [3.8, 4) is 0 Å². The van der Waals surface area contributed by atoms with E-state index in [0.29, 0.717) is 29.6 Å². The molecule has 11 heteroatoms. The molecule has 1 saturated heterocycles. The number of hydrogen-bond acceptors (Lipinski definition) is 8. The van der Waals surface area contributed by atoms with Crippen molar-refractivity contribution in [2.45, 2.75) is 19.4 Å². The van der Waals surface area contributed by atoms with Crippen LogP contribution in [0.25, 0.3) is 0 Å². The molecule has 1 aliphatic heterocycles. The number of anilines is 3. The molecule has 36 heavy (non-hydrogen) atoms. The number of carbonyl (C=O) groups excluding carboxylic acids is 2. The van der Waals surface area contributed by atoms with Crippen LogP contribution >= 0.6 is 11.3 Å². The molecule has 3 heterocycles. The van der Waals surface area contributed by atoms with Crippen LogP contribution in [0.15, 0.2) is 54.2 Å². The second kappa shape index (κ2) is 13.0. The van der Waals surface area contributed by atoms with Gasteiger partial charge in [0.25, 0.3) is 5.91 Å². The molecule has 0 aliphatic carbocycles. The second-order valence-electron chi connectivity index (χ2n) is 8.44. The average molecular weight is 510 g/mol. The summed E-state index contributed by atoms with van der Waals surface area (Å²) in [7, 11) is 0. The maximum absolute atomic E-state index is 13.0. The van der Waals surface area contributed by atoms with Crippen LogP contribution in [0.1, 0.15) is 28.9 Å². The van der Waals surface area contributed by atoms with Crippen LogP contribution in [-0.4, -0.2) is 71.1 Å². The number of aromatic nitrogens is 2. The second-order valence-corrected chi connectivity index (χ2v) is 9.34. The molecule has 1 aromatic carbocycles. The Morgan fingerprint density at radius 1 is 1.08 bits per heavy atom. The molecule has 190 valence electrons. The third-order valence-electron chi connectivity index (χ3n) is 5.83. The number of nitrogens with two attached hydrogens (primary N) is 1. The molecule has 0 unspecified atom stereocenters. The van der Waals surface area contributed by atoms with Gasteiger partial charge in [0, 0.05) is 44.0 Å². The van der Waals surface area contributed by atoms with Crippen molar-refractivity contribution < 1.29 is 14.3 Å². The highest BCUT2D eigenvalue weighted by Crippen LogP contribution is 2.18. The van der Waals surface area contributed by atoms with Gasteiger partial charge in [-0.05, 0) is 43.1 Å². The molecule has 1 fully saturated rings. The average Bonchev–Trinajstić information content (AvgIpc) is 3.41. The first-order valence-corrected chi connectivity index (χ1v) is 12.8. The van der Waals surface area contributed by atoms with Crippen molar-refractivity contribution in [1.82, 2.24) is 19.8 Å². The Morgan fingerprint density at radius 2 is 1.92 bits per heavy atom. The number of rotatable bonds is 10. The monoisotopic (exact) mass is 509 g/mol. The first-order valence-electron chi connectivity index (χ1n) is 11.9. The van der Waals surface area contributed by atoms with E-state index in [0.717, 1.165) is 51.3 Å². The van der Waals surface area contributed by atoms with E-state index < -0.39 is 0 Å². The number of pyridine rings is 1. The Labute approximate surface area is 214 Å². The van der Waals surface area contributed by atoms with E-state index >= 15 is 0 Å². The number of carbonyl (C=O) groups is 2. The van der Waals surface area contributed by atoms with Crippen molar-refractivity contribution in [2.75, 3.05) is 55.8 Å². The fourth-order valence-corrected chi connectivity index (χ4v) is 4.36. The summed E-state index contributed by atoms with van der Waals surface area (Å²) in [6, 6.07) is 10.3. The Kier molecular flexibility index (Phi) is 9.20. The number of para-hydroxylation sites is 2. The van der Waals surface area contributed by atoms with Crippen molar-refractivity contribution in [3.05, 3.63) is 65.4 Å². The minimum Gasteiger partial charge on any atom is -0.397 e. The minimum absolute atomic E-state index is 0.210.